The van der Waals surface area contributed by atoms with Crippen molar-refractivity contribution in [2.24, 2.45) is 0 Å². The van der Waals surface area contributed by atoms with E-state index in [0.29, 0.717) is 32.2 Å². The van der Waals surface area contributed by atoms with Crippen LogP contribution in [0.25, 0.3) is 10.9 Å². The summed E-state index contributed by atoms with van der Waals surface area (Å²) >= 11 is 1.71. The second-order valence-electron chi connectivity index (χ2n) is 10.4. The molecule has 2 aromatic rings. The number of fused-ring (bicyclic) bond motifs is 1. The molecular weight excluding hydrogens is 504 g/mol. The Bertz CT molecular complexity index is 1310. The Balaban J connectivity index is 1.55. The summed E-state index contributed by atoms with van der Waals surface area (Å²) in [7, 11) is 0. The van der Waals surface area contributed by atoms with E-state index in [9.17, 15) is 9.59 Å². The van der Waals surface area contributed by atoms with Crippen LogP contribution in [0.4, 0.5) is 0 Å². The van der Waals surface area contributed by atoms with Crippen molar-refractivity contribution in [2.45, 2.75) is 64.5 Å². The predicted molar refractivity (Wildman–Crippen MR) is 162 cm³/mol. The van der Waals surface area contributed by atoms with E-state index < -0.39 is 0 Å². The number of carbonyl (C=O) groups is 2. The molecule has 1 saturated heterocycles. The van der Waals surface area contributed by atoms with Crippen LogP contribution in [0.5, 0.6) is 0 Å². The van der Waals surface area contributed by atoms with Crippen LogP contribution in [0.2, 0.25) is 0 Å². The Morgan fingerprint density at radius 1 is 1.36 bits per heavy atom. The average molecular weight is 545 g/mol. The number of thioether (sulfide) groups is 1. The number of aryl methyl sites for hydroxylation is 1. The third kappa shape index (κ3) is 6.99. The van der Waals surface area contributed by atoms with E-state index in [-0.39, 0.29) is 23.9 Å². The number of amides is 2. The molecule has 0 bridgehead atoms. The predicted octanol–water partition coefficient (Wildman–Crippen LogP) is 5.40. The van der Waals surface area contributed by atoms with Crippen LogP contribution in [0.15, 0.2) is 64.9 Å². The fourth-order valence-electron chi connectivity index (χ4n) is 5.84. The van der Waals surface area contributed by atoms with E-state index >= 15 is 0 Å². The molecule has 206 valence electrons. The number of hydrogen-bond acceptors (Lipinski definition) is 4. The highest BCUT2D eigenvalue weighted by Gasteiger charge is 2.35. The lowest BCUT2D eigenvalue weighted by atomic mass is 9.92. The Hall–Kier alpha value is -3.37. The van der Waals surface area contributed by atoms with Gasteiger partial charge in [-0.3, -0.25) is 9.59 Å². The number of terminal acetylenes is 1. The number of benzene rings is 1. The number of carbonyl (C=O) groups excluding carboxylic acids is 2. The van der Waals surface area contributed by atoms with Crippen molar-refractivity contribution < 1.29 is 9.59 Å². The third-order valence-corrected chi connectivity index (χ3v) is 8.29. The lowest BCUT2D eigenvalue weighted by Gasteiger charge is -2.43. The van der Waals surface area contributed by atoms with Crippen LogP contribution in [-0.4, -0.2) is 64.6 Å². The van der Waals surface area contributed by atoms with Crippen molar-refractivity contribution in [1.29, 1.82) is 0 Å². The highest BCUT2D eigenvalue weighted by Crippen LogP contribution is 2.32. The van der Waals surface area contributed by atoms with Gasteiger partial charge in [0.05, 0.1) is 12.1 Å². The number of para-hydroxylation sites is 1. The van der Waals surface area contributed by atoms with Crippen molar-refractivity contribution in [2.75, 3.05) is 25.9 Å². The quantitative estimate of drug-likeness (QED) is 0.372. The van der Waals surface area contributed by atoms with Crippen LogP contribution in [-0.2, 0) is 16.0 Å². The molecule has 1 aromatic carbocycles. The highest BCUT2D eigenvalue weighted by molar-refractivity contribution is 8.01. The Labute approximate surface area is 237 Å². The third-order valence-electron chi connectivity index (χ3n) is 7.72. The number of nitrogens with zero attached hydrogens (tertiary/aromatic N) is 2. The van der Waals surface area contributed by atoms with Gasteiger partial charge in [0.25, 0.3) is 0 Å². The molecule has 0 saturated carbocycles. The van der Waals surface area contributed by atoms with Gasteiger partial charge < -0.3 is 20.1 Å². The first-order valence-electron chi connectivity index (χ1n) is 13.9. The van der Waals surface area contributed by atoms with Gasteiger partial charge in [0, 0.05) is 55.3 Å². The summed E-state index contributed by atoms with van der Waals surface area (Å²) in [6.07, 6.45) is 17.6. The lowest BCUT2D eigenvalue weighted by molar-refractivity contribution is -0.129. The monoisotopic (exact) mass is 544 g/mol. The SMILES string of the molecule is C#C/C=C\C1=C(C(C)N2CCCC2=O)N(C/C(=C/SC)CC)CC(NC(=O)CCc2c[nH]c3ccccc23)C1. The topological polar surface area (TPSA) is 68.4 Å². The van der Waals surface area contributed by atoms with Gasteiger partial charge in [-0.25, -0.2) is 0 Å². The second-order valence-corrected chi connectivity index (χ2v) is 11.1. The van der Waals surface area contributed by atoms with Crippen LogP contribution in [0.1, 0.15) is 51.5 Å². The Kier molecular flexibility index (Phi) is 10.00. The molecule has 6 nitrogen and oxygen atoms in total. The average Bonchev–Trinajstić information content (AvgIpc) is 3.56. The minimum Gasteiger partial charge on any atom is -0.367 e. The molecule has 2 aliphatic heterocycles. The van der Waals surface area contributed by atoms with Gasteiger partial charge in [-0.1, -0.05) is 31.0 Å². The van der Waals surface area contributed by atoms with Gasteiger partial charge in [-0.15, -0.1) is 18.2 Å². The molecular formula is C32H40N4O2S. The second kappa shape index (κ2) is 13.6. The van der Waals surface area contributed by atoms with E-state index in [0.717, 1.165) is 48.3 Å². The van der Waals surface area contributed by atoms with E-state index in [1.165, 1.54) is 11.0 Å². The number of H-pyrrole nitrogens is 1. The number of allylic oxidation sites excluding steroid dienone is 2. The fraction of sp³-hybridized carbons (Fsp3) is 0.438. The number of aromatic amines is 1. The molecule has 3 heterocycles. The zero-order valence-electron chi connectivity index (χ0n) is 23.3. The van der Waals surface area contributed by atoms with Crippen molar-refractivity contribution in [3.8, 4) is 12.3 Å². The number of hydrogen-bond donors (Lipinski definition) is 2. The minimum absolute atomic E-state index is 0.0458. The summed E-state index contributed by atoms with van der Waals surface area (Å²) in [5, 5.41) is 6.69. The molecule has 2 aliphatic rings. The zero-order valence-corrected chi connectivity index (χ0v) is 24.2. The molecule has 2 N–H and O–H groups in total. The normalized spacial score (nSPS) is 19.3. The van der Waals surface area contributed by atoms with Crippen molar-refractivity contribution in [3.05, 3.63) is 70.4 Å². The maximum Gasteiger partial charge on any atom is 0.223 e. The van der Waals surface area contributed by atoms with Gasteiger partial charge in [-0.2, -0.15) is 0 Å². The maximum atomic E-state index is 13.1. The van der Waals surface area contributed by atoms with Gasteiger partial charge in [0.2, 0.25) is 11.8 Å². The fourth-order valence-corrected chi connectivity index (χ4v) is 6.41. The molecule has 7 heteroatoms. The molecule has 1 aromatic heterocycles. The number of nitrogens with one attached hydrogen (secondary N) is 2. The standard InChI is InChI=1S/C32H40N4O2S/c1-5-7-11-25-18-27(34-30(37)16-15-26-19-33-29-13-9-8-12-28(26)29)21-35(20-24(6-2)22-39-4)32(25)23(3)36-17-10-14-31(36)38/h1,7-9,11-13,19,22-23,27,33H,6,10,14-18,20-21H2,2-4H3,(H,34,37)/b11-7-,24-22+. The minimum atomic E-state index is -0.0525. The first-order valence-corrected chi connectivity index (χ1v) is 15.2. The number of rotatable bonds is 11. The van der Waals surface area contributed by atoms with E-state index in [1.54, 1.807) is 17.8 Å². The zero-order chi connectivity index (χ0) is 27.8. The molecule has 0 radical (unpaired) electrons. The summed E-state index contributed by atoms with van der Waals surface area (Å²) < 4.78 is 0. The van der Waals surface area contributed by atoms with Crippen molar-refractivity contribution in [1.82, 2.24) is 20.1 Å². The van der Waals surface area contributed by atoms with Crippen molar-refractivity contribution in [3.63, 3.8) is 0 Å². The molecule has 1 fully saturated rings. The van der Waals surface area contributed by atoms with E-state index in [1.807, 2.05) is 29.3 Å². The molecule has 2 atom stereocenters. The van der Waals surface area contributed by atoms with Gasteiger partial charge in [0.15, 0.2) is 0 Å². The van der Waals surface area contributed by atoms with Crippen LogP contribution >= 0.6 is 11.8 Å². The van der Waals surface area contributed by atoms with Crippen LogP contribution < -0.4 is 5.32 Å². The Morgan fingerprint density at radius 2 is 2.18 bits per heavy atom. The van der Waals surface area contributed by atoms with Crippen LogP contribution in [0.3, 0.4) is 0 Å². The molecule has 4 rings (SSSR count). The van der Waals surface area contributed by atoms with Crippen molar-refractivity contribution >= 4 is 34.5 Å². The summed E-state index contributed by atoms with van der Waals surface area (Å²) in [5.41, 5.74) is 5.81. The Morgan fingerprint density at radius 3 is 2.90 bits per heavy atom. The smallest absolute Gasteiger partial charge is 0.223 e. The molecule has 39 heavy (non-hydrogen) atoms. The number of likely N-dealkylation sites (tertiary alicyclic amines) is 1. The summed E-state index contributed by atoms with van der Waals surface area (Å²) in [4.78, 5) is 33.5. The molecule has 2 unspecified atom stereocenters. The van der Waals surface area contributed by atoms with Gasteiger partial charge >= 0.3 is 0 Å². The van der Waals surface area contributed by atoms with E-state index in [4.69, 9.17) is 6.42 Å². The summed E-state index contributed by atoms with van der Waals surface area (Å²) in [6, 6.07) is 8.08. The van der Waals surface area contributed by atoms with Crippen LogP contribution in [0, 0.1) is 12.3 Å². The molecule has 0 spiro atoms. The lowest BCUT2D eigenvalue weighted by Crippen LogP contribution is -2.51. The molecule has 0 aliphatic carbocycles. The maximum absolute atomic E-state index is 13.1. The first kappa shape index (κ1) is 28.6. The van der Waals surface area contributed by atoms with Gasteiger partial charge in [-0.05, 0) is 79.2 Å². The van der Waals surface area contributed by atoms with E-state index in [2.05, 4.69) is 58.8 Å². The first-order chi connectivity index (χ1) is 18.9. The summed E-state index contributed by atoms with van der Waals surface area (Å²) in [5.74, 6) is 2.88. The highest BCUT2D eigenvalue weighted by atomic mass is 32.2. The summed E-state index contributed by atoms with van der Waals surface area (Å²) in [6.45, 7) is 6.53. The molecule has 2 amide bonds. The largest absolute Gasteiger partial charge is 0.367 e. The van der Waals surface area contributed by atoms with Gasteiger partial charge in [0.1, 0.15) is 0 Å². The number of aromatic nitrogens is 1.